The second-order valence-electron chi connectivity index (χ2n) is 2.47. The molecule has 1 N–H and O–H groups in total. The molecule has 0 unspecified atom stereocenters. The molecule has 0 heterocycles. The largest absolute Gasteiger partial charge is 0.271 e. The minimum Gasteiger partial charge on any atom is -0.271 e. The van der Waals surface area contributed by atoms with Crippen LogP contribution in [0.4, 0.5) is 5.69 Å². The average molecular weight is 302 g/mol. The van der Waals surface area contributed by atoms with E-state index in [1.54, 1.807) is 0 Å². The molecule has 0 spiro atoms. The molecule has 3 nitrogen and oxygen atoms in total. The first-order chi connectivity index (χ1) is 7.19. The molecule has 1 aromatic rings. The summed E-state index contributed by atoms with van der Waals surface area (Å²) >= 11 is 9.05. The highest BCUT2D eigenvalue weighted by atomic mass is 79.9. The summed E-state index contributed by atoms with van der Waals surface area (Å²) in [5, 5.41) is 11.5. The number of amidine groups is 1. The summed E-state index contributed by atoms with van der Waals surface area (Å²) < 4.78 is 0.879. The van der Waals surface area contributed by atoms with Gasteiger partial charge in [-0.1, -0.05) is 17.8 Å². The lowest BCUT2D eigenvalue weighted by Gasteiger charge is -2.03. The van der Waals surface area contributed by atoms with Gasteiger partial charge in [-0.15, -0.1) is 12.6 Å². The Morgan fingerprint density at radius 1 is 1.67 bits per heavy atom. The Hall–Kier alpha value is -0.640. The first-order valence-electron chi connectivity index (χ1n) is 3.94. The fourth-order valence-corrected chi connectivity index (χ4v) is 1.77. The molecule has 15 heavy (non-hydrogen) atoms. The van der Waals surface area contributed by atoms with Crippen molar-refractivity contribution < 1.29 is 0 Å². The first kappa shape index (κ1) is 12.4. The smallest absolute Gasteiger partial charge is 0.183 e. The number of hydrogen-bond acceptors (Lipinski definition) is 4. The minimum atomic E-state index is 0.547. The summed E-state index contributed by atoms with van der Waals surface area (Å²) in [4.78, 5) is 5.02. The zero-order valence-electron chi connectivity index (χ0n) is 7.86. The van der Waals surface area contributed by atoms with E-state index in [0.29, 0.717) is 5.17 Å². The number of hydrogen-bond donors (Lipinski definition) is 2. The molecule has 0 amide bonds. The van der Waals surface area contributed by atoms with Crippen LogP contribution >= 0.6 is 40.3 Å². The number of rotatable bonds is 1. The molecule has 0 aliphatic rings. The van der Waals surface area contributed by atoms with Crippen LogP contribution in [-0.4, -0.2) is 11.4 Å². The van der Waals surface area contributed by atoms with Crippen LogP contribution in [-0.2, 0) is 0 Å². The van der Waals surface area contributed by atoms with Gasteiger partial charge in [0.1, 0.15) is 0 Å². The van der Waals surface area contributed by atoms with Gasteiger partial charge in [0.2, 0.25) is 0 Å². The van der Waals surface area contributed by atoms with Crippen molar-refractivity contribution >= 4 is 51.2 Å². The molecular weight excluding hydrogens is 294 g/mol. The number of aliphatic imine (C=N–C) groups is 1. The van der Waals surface area contributed by atoms with Gasteiger partial charge >= 0.3 is 0 Å². The van der Waals surface area contributed by atoms with Gasteiger partial charge in [0.25, 0.3) is 0 Å². The summed E-state index contributed by atoms with van der Waals surface area (Å²) in [5.41, 5.74) is 0.722. The standard InChI is InChI=1S/C9H8BrN3S2/c1-15-9(12-5-11)13-7-4-2-3-6(10)8(7)14/h2-4,14H,1H3,(H,12,13). The predicted octanol–water partition coefficient (Wildman–Crippen LogP) is 3.16. The van der Waals surface area contributed by atoms with Crippen molar-refractivity contribution in [2.24, 2.45) is 4.99 Å². The van der Waals surface area contributed by atoms with Crippen molar-refractivity contribution in [3.63, 3.8) is 0 Å². The fraction of sp³-hybridized carbons (Fsp3) is 0.111. The fourth-order valence-electron chi connectivity index (χ4n) is 0.876. The summed E-state index contributed by atoms with van der Waals surface area (Å²) in [5.74, 6) is 0. The monoisotopic (exact) mass is 301 g/mol. The highest BCUT2D eigenvalue weighted by Gasteiger charge is 2.02. The first-order valence-corrected chi connectivity index (χ1v) is 6.40. The maximum atomic E-state index is 8.49. The molecule has 0 fully saturated rings. The van der Waals surface area contributed by atoms with Crippen LogP contribution in [0.3, 0.4) is 0 Å². The molecule has 0 saturated carbocycles. The van der Waals surface area contributed by atoms with Crippen LogP contribution in [0, 0.1) is 11.5 Å². The molecule has 0 aromatic heterocycles. The van der Waals surface area contributed by atoms with Crippen molar-refractivity contribution in [2.75, 3.05) is 6.26 Å². The van der Waals surface area contributed by atoms with Gasteiger partial charge in [-0.3, -0.25) is 5.32 Å². The maximum Gasteiger partial charge on any atom is 0.183 e. The molecule has 0 aliphatic carbocycles. The van der Waals surface area contributed by atoms with E-state index in [1.807, 2.05) is 30.6 Å². The van der Waals surface area contributed by atoms with Gasteiger partial charge in [0, 0.05) is 9.37 Å². The molecule has 1 aromatic carbocycles. The topological polar surface area (TPSA) is 48.2 Å². The van der Waals surface area contributed by atoms with Crippen LogP contribution in [0.15, 0.2) is 32.6 Å². The second kappa shape index (κ2) is 6.05. The van der Waals surface area contributed by atoms with E-state index in [4.69, 9.17) is 5.26 Å². The third kappa shape index (κ3) is 3.45. The molecule has 78 valence electrons. The lowest BCUT2D eigenvalue weighted by molar-refractivity contribution is 1.26. The number of nitrogens with one attached hydrogen (secondary N) is 1. The number of nitriles is 1. The summed E-state index contributed by atoms with van der Waals surface area (Å²) in [6.45, 7) is 0. The predicted molar refractivity (Wildman–Crippen MR) is 70.8 cm³/mol. The van der Waals surface area contributed by atoms with Crippen LogP contribution in [0.1, 0.15) is 0 Å². The normalized spacial score (nSPS) is 10.9. The Balaban J connectivity index is 3.07. The average Bonchev–Trinajstić information content (AvgIpc) is 2.24. The molecule has 1 rings (SSSR count). The van der Waals surface area contributed by atoms with E-state index in [9.17, 15) is 0 Å². The van der Waals surface area contributed by atoms with E-state index < -0.39 is 0 Å². The molecule has 0 radical (unpaired) electrons. The number of halogens is 1. The van der Waals surface area contributed by atoms with Gasteiger partial charge in [-0.2, -0.15) is 5.26 Å². The highest BCUT2D eigenvalue weighted by Crippen LogP contribution is 2.30. The van der Waals surface area contributed by atoms with Gasteiger partial charge in [-0.05, 0) is 34.3 Å². The Kier molecular flexibility index (Phi) is 5.02. The van der Waals surface area contributed by atoms with Crippen LogP contribution in [0.5, 0.6) is 0 Å². The van der Waals surface area contributed by atoms with Gasteiger partial charge < -0.3 is 0 Å². The lowest BCUT2D eigenvalue weighted by atomic mass is 10.3. The zero-order chi connectivity index (χ0) is 11.3. The highest BCUT2D eigenvalue weighted by molar-refractivity contribution is 9.10. The van der Waals surface area contributed by atoms with Crippen LogP contribution < -0.4 is 5.32 Å². The zero-order valence-corrected chi connectivity index (χ0v) is 11.2. The third-order valence-corrected chi connectivity index (χ3v) is 3.56. The Morgan fingerprint density at radius 2 is 2.40 bits per heavy atom. The summed E-state index contributed by atoms with van der Waals surface area (Å²) in [6, 6.07) is 5.59. The van der Waals surface area contributed by atoms with Crippen molar-refractivity contribution in [1.29, 1.82) is 5.26 Å². The van der Waals surface area contributed by atoms with E-state index in [0.717, 1.165) is 15.1 Å². The Labute approximate surface area is 107 Å². The quantitative estimate of drug-likeness (QED) is 0.275. The molecule has 6 heteroatoms. The lowest BCUT2D eigenvalue weighted by Crippen LogP contribution is -2.12. The number of nitrogens with zero attached hydrogens (tertiary/aromatic N) is 2. The van der Waals surface area contributed by atoms with E-state index in [1.165, 1.54) is 11.8 Å². The van der Waals surface area contributed by atoms with E-state index >= 15 is 0 Å². The molecule has 0 bridgehead atoms. The third-order valence-electron chi connectivity index (χ3n) is 1.54. The van der Waals surface area contributed by atoms with Gasteiger partial charge in [0.05, 0.1) is 5.69 Å². The van der Waals surface area contributed by atoms with Crippen molar-refractivity contribution in [2.45, 2.75) is 4.90 Å². The van der Waals surface area contributed by atoms with Crippen molar-refractivity contribution in [3.8, 4) is 6.19 Å². The van der Waals surface area contributed by atoms with Gasteiger partial charge in [-0.25, -0.2) is 4.99 Å². The minimum absolute atomic E-state index is 0.547. The van der Waals surface area contributed by atoms with Gasteiger partial charge in [0.15, 0.2) is 11.4 Å². The Bertz CT molecular complexity index is 426. The van der Waals surface area contributed by atoms with Crippen LogP contribution in [0.25, 0.3) is 0 Å². The number of thiol groups is 1. The Morgan fingerprint density at radius 3 is 3.00 bits per heavy atom. The summed E-state index contributed by atoms with van der Waals surface area (Å²) in [7, 11) is 0. The van der Waals surface area contributed by atoms with Crippen molar-refractivity contribution in [1.82, 2.24) is 5.32 Å². The molecule has 0 saturated heterocycles. The SMILES string of the molecule is CSC(=Nc1cccc(Br)c1S)NC#N. The second-order valence-corrected chi connectivity index (χ2v) is 4.56. The maximum absolute atomic E-state index is 8.49. The molecule has 0 atom stereocenters. The van der Waals surface area contributed by atoms with Crippen molar-refractivity contribution in [3.05, 3.63) is 22.7 Å². The molecule has 0 aliphatic heterocycles. The number of thioether (sulfide) groups is 1. The van der Waals surface area contributed by atoms with E-state index in [-0.39, 0.29) is 0 Å². The van der Waals surface area contributed by atoms with Crippen LogP contribution in [0.2, 0.25) is 0 Å². The summed E-state index contributed by atoms with van der Waals surface area (Å²) in [6.07, 6.45) is 3.68. The van der Waals surface area contributed by atoms with E-state index in [2.05, 4.69) is 38.9 Å². The molecular formula is C9H8BrN3S2. The number of benzene rings is 1.